The molecule has 0 bridgehead atoms. The lowest BCUT2D eigenvalue weighted by molar-refractivity contribution is -0.142. The van der Waals surface area contributed by atoms with Gasteiger partial charge in [-0.1, -0.05) is 6.07 Å². The van der Waals surface area contributed by atoms with Crippen LogP contribution in [0.5, 0.6) is 0 Å². The molecule has 0 atom stereocenters. The molecule has 0 aliphatic rings. The van der Waals surface area contributed by atoms with E-state index in [1.165, 1.54) is 12.1 Å². The van der Waals surface area contributed by atoms with Gasteiger partial charge in [-0.3, -0.25) is 4.79 Å². The van der Waals surface area contributed by atoms with Crippen LogP contribution in [-0.2, 0) is 22.3 Å². The van der Waals surface area contributed by atoms with E-state index in [2.05, 4.69) is 10.1 Å². The maximum atomic E-state index is 12.8. The standard InChI is InChI=1S/C12H15F3N2O2/c1-2-19-11(18)7-17-6-8-9(12(13,14)15)4-3-5-10(8)16/h3-5,17H,2,6-7,16H2,1H3. The highest BCUT2D eigenvalue weighted by molar-refractivity contribution is 5.71. The summed E-state index contributed by atoms with van der Waals surface area (Å²) in [5.74, 6) is -0.523. The molecule has 0 aromatic heterocycles. The summed E-state index contributed by atoms with van der Waals surface area (Å²) < 4.78 is 42.9. The number of anilines is 1. The minimum Gasteiger partial charge on any atom is -0.465 e. The normalized spacial score (nSPS) is 11.4. The molecule has 0 amide bonds. The van der Waals surface area contributed by atoms with Gasteiger partial charge >= 0.3 is 12.1 Å². The van der Waals surface area contributed by atoms with Crippen LogP contribution in [0.1, 0.15) is 18.1 Å². The molecular formula is C12H15F3N2O2. The van der Waals surface area contributed by atoms with Gasteiger partial charge in [-0.05, 0) is 19.1 Å². The molecule has 0 aliphatic carbocycles. The Kier molecular flexibility index (Phi) is 5.17. The van der Waals surface area contributed by atoms with E-state index in [0.717, 1.165) is 6.07 Å². The number of nitrogens with one attached hydrogen (secondary N) is 1. The first-order valence-electron chi connectivity index (χ1n) is 5.67. The zero-order valence-corrected chi connectivity index (χ0v) is 10.4. The summed E-state index contributed by atoms with van der Waals surface area (Å²) in [6.45, 7) is 1.55. The summed E-state index contributed by atoms with van der Waals surface area (Å²) in [4.78, 5) is 11.1. The molecule has 0 spiro atoms. The van der Waals surface area contributed by atoms with Gasteiger partial charge in [-0.25, -0.2) is 0 Å². The molecule has 4 nitrogen and oxygen atoms in total. The molecule has 1 aromatic carbocycles. The molecule has 106 valence electrons. The monoisotopic (exact) mass is 276 g/mol. The number of benzene rings is 1. The van der Waals surface area contributed by atoms with E-state index in [9.17, 15) is 18.0 Å². The summed E-state index contributed by atoms with van der Waals surface area (Å²) in [6, 6.07) is 3.58. The predicted molar refractivity (Wildman–Crippen MR) is 64.2 cm³/mol. The van der Waals surface area contributed by atoms with Crippen molar-refractivity contribution in [2.24, 2.45) is 0 Å². The number of nitrogens with two attached hydrogens (primary N) is 1. The number of hydrogen-bond acceptors (Lipinski definition) is 4. The van der Waals surface area contributed by atoms with Crippen LogP contribution in [0.4, 0.5) is 18.9 Å². The number of rotatable bonds is 5. The maximum Gasteiger partial charge on any atom is 0.416 e. The van der Waals surface area contributed by atoms with Crippen molar-refractivity contribution < 1.29 is 22.7 Å². The second kappa shape index (κ2) is 6.42. The van der Waals surface area contributed by atoms with Crippen LogP contribution in [0.25, 0.3) is 0 Å². The van der Waals surface area contributed by atoms with Gasteiger partial charge < -0.3 is 15.8 Å². The Morgan fingerprint density at radius 2 is 2.11 bits per heavy atom. The van der Waals surface area contributed by atoms with Gasteiger partial charge in [0, 0.05) is 17.8 Å². The molecule has 0 fully saturated rings. The fraction of sp³-hybridized carbons (Fsp3) is 0.417. The highest BCUT2D eigenvalue weighted by Gasteiger charge is 2.33. The van der Waals surface area contributed by atoms with Gasteiger partial charge in [0.15, 0.2) is 0 Å². The second-order valence-corrected chi connectivity index (χ2v) is 3.78. The molecule has 0 saturated heterocycles. The molecule has 1 aromatic rings. The van der Waals surface area contributed by atoms with Gasteiger partial charge in [0.25, 0.3) is 0 Å². The van der Waals surface area contributed by atoms with Crippen LogP contribution in [-0.4, -0.2) is 19.1 Å². The number of ether oxygens (including phenoxy) is 1. The van der Waals surface area contributed by atoms with E-state index in [4.69, 9.17) is 5.73 Å². The molecule has 3 N–H and O–H groups in total. The molecule has 0 radical (unpaired) electrons. The van der Waals surface area contributed by atoms with Crippen LogP contribution in [0, 0.1) is 0 Å². The Morgan fingerprint density at radius 3 is 2.68 bits per heavy atom. The molecule has 7 heteroatoms. The zero-order valence-electron chi connectivity index (χ0n) is 10.4. The largest absolute Gasteiger partial charge is 0.465 e. The predicted octanol–water partition coefficient (Wildman–Crippen LogP) is 1.94. The van der Waals surface area contributed by atoms with Crippen molar-refractivity contribution in [1.82, 2.24) is 5.32 Å². The first-order chi connectivity index (χ1) is 8.86. The minimum absolute atomic E-state index is 0.0335. The fourth-order valence-corrected chi connectivity index (χ4v) is 1.57. The van der Waals surface area contributed by atoms with Crippen LogP contribution in [0.3, 0.4) is 0 Å². The topological polar surface area (TPSA) is 64.3 Å². The SMILES string of the molecule is CCOC(=O)CNCc1c(N)cccc1C(F)(F)F. The summed E-state index contributed by atoms with van der Waals surface area (Å²) in [6.07, 6.45) is -4.48. The van der Waals surface area contributed by atoms with Crippen molar-refractivity contribution >= 4 is 11.7 Å². The van der Waals surface area contributed by atoms with E-state index < -0.39 is 17.7 Å². The average Bonchev–Trinajstić information content (AvgIpc) is 2.30. The van der Waals surface area contributed by atoms with E-state index in [1.54, 1.807) is 6.92 Å². The number of esters is 1. The van der Waals surface area contributed by atoms with Crippen LogP contribution in [0.2, 0.25) is 0 Å². The molecule has 19 heavy (non-hydrogen) atoms. The van der Waals surface area contributed by atoms with Crippen molar-refractivity contribution in [2.75, 3.05) is 18.9 Å². The third kappa shape index (κ3) is 4.44. The van der Waals surface area contributed by atoms with Crippen molar-refractivity contribution in [1.29, 1.82) is 0 Å². The second-order valence-electron chi connectivity index (χ2n) is 3.78. The molecule has 0 saturated carbocycles. The summed E-state index contributed by atoms with van der Waals surface area (Å²) in [7, 11) is 0. The highest BCUT2D eigenvalue weighted by atomic mass is 19.4. The molecule has 0 heterocycles. The lowest BCUT2D eigenvalue weighted by Crippen LogP contribution is -2.26. The first kappa shape index (κ1) is 15.3. The van der Waals surface area contributed by atoms with Gasteiger partial charge in [0.2, 0.25) is 0 Å². The Morgan fingerprint density at radius 1 is 1.42 bits per heavy atom. The molecule has 0 aliphatic heterocycles. The van der Waals surface area contributed by atoms with Crippen LogP contribution in [0.15, 0.2) is 18.2 Å². The number of alkyl halides is 3. The maximum absolute atomic E-state index is 12.8. The lowest BCUT2D eigenvalue weighted by Gasteiger charge is -2.15. The van der Waals surface area contributed by atoms with Crippen LogP contribution >= 0.6 is 0 Å². The van der Waals surface area contributed by atoms with Crippen molar-refractivity contribution in [3.8, 4) is 0 Å². The van der Waals surface area contributed by atoms with Gasteiger partial charge in [0.1, 0.15) is 0 Å². The van der Waals surface area contributed by atoms with Crippen molar-refractivity contribution in [3.05, 3.63) is 29.3 Å². The smallest absolute Gasteiger partial charge is 0.416 e. The Bertz CT molecular complexity index is 447. The van der Waals surface area contributed by atoms with Gasteiger partial charge in [-0.15, -0.1) is 0 Å². The van der Waals surface area contributed by atoms with Gasteiger partial charge in [-0.2, -0.15) is 13.2 Å². The number of hydrogen-bond donors (Lipinski definition) is 2. The summed E-state index contributed by atoms with van der Waals surface area (Å²) >= 11 is 0. The quantitative estimate of drug-likeness (QED) is 0.637. The minimum atomic E-state index is -4.48. The third-order valence-corrected chi connectivity index (χ3v) is 2.39. The Balaban J connectivity index is 2.75. The molecule has 0 unspecified atom stereocenters. The summed E-state index contributed by atoms with van der Waals surface area (Å²) in [5.41, 5.74) is 4.70. The third-order valence-electron chi connectivity index (χ3n) is 2.39. The number of nitrogen functional groups attached to an aromatic ring is 1. The van der Waals surface area contributed by atoms with Crippen molar-refractivity contribution in [3.63, 3.8) is 0 Å². The zero-order chi connectivity index (χ0) is 14.5. The van der Waals surface area contributed by atoms with E-state index >= 15 is 0 Å². The average molecular weight is 276 g/mol. The number of carbonyl (C=O) groups is 1. The van der Waals surface area contributed by atoms with Gasteiger partial charge in [0.05, 0.1) is 18.7 Å². The van der Waals surface area contributed by atoms with E-state index in [0.29, 0.717) is 0 Å². The summed E-state index contributed by atoms with van der Waals surface area (Å²) in [5, 5.41) is 2.59. The lowest BCUT2D eigenvalue weighted by atomic mass is 10.0. The Labute approximate surface area is 108 Å². The first-order valence-corrected chi connectivity index (χ1v) is 5.67. The molecule has 1 rings (SSSR count). The fourth-order valence-electron chi connectivity index (χ4n) is 1.57. The van der Waals surface area contributed by atoms with Crippen LogP contribution < -0.4 is 11.1 Å². The number of carbonyl (C=O) groups excluding carboxylic acids is 1. The highest BCUT2D eigenvalue weighted by Crippen LogP contribution is 2.34. The van der Waals surface area contributed by atoms with Crippen molar-refractivity contribution in [2.45, 2.75) is 19.6 Å². The van der Waals surface area contributed by atoms with E-state index in [1.807, 2.05) is 0 Å². The number of halogens is 3. The Hall–Kier alpha value is -1.76. The van der Waals surface area contributed by atoms with E-state index in [-0.39, 0.29) is 30.9 Å². The molecular weight excluding hydrogens is 261 g/mol.